The molecule has 23 heavy (non-hydrogen) atoms. The fourth-order valence-electron chi connectivity index (χ4n) is 4.45. The lowest BCUT2D eigenvalue weighted by Gasteiger charge is -2.37. The summed E-state index contributed by atoms with van der Waals surface area (Å²) in [5.74, 6) is 2.59. The maximum absolute atomic E-state index is 10.7. The zero-order chi connectivity index (χ0) is 16.6. The van der Waals surface area contributed by atoms with Crippen LogP contribution in [0.4, 0.5) is 0 Å². The monoisotopic (exact) mass is 314 g/mol. The number of aromatic hydroxyl groups is 1. The number of hydrogen-bond acceptors (Lipinski definition) is 2. The van der Waals surface area contributed by atoms with Crippen LogP contribution in [0.3, 0.4) is 0 Å². The van der Waals surface area contributed by atoms with Gasteiger partial charge in [-0.3, -0.25) is 0 Å². The van der Waals surface area contributed by atoms with Crippen LogP contribution < -0.4 is 4.74 Å². The molecule has 1 aromatic rings. The van der Waals surface area contributed by atoms with Crippen molar-refractivity contribution in [3.05, 3.63) is 35.4 Å². The highest BCUT2D eigenvalue weighted by molar-refractivity contribution is 5.54. The van der Waals surface area contributed by atoms with Gasteiger partial charge in [0.2, 0.25) is 0 Å². The maximum atomic E-state index is 10.7. The Kier molecular flexibility index (Phi) is 4.70. The molecule has 1 N–H and O–H groups in total. The molecule has 126 valence electrons. The third-order valence-electron chi connectivity index (χ3n) is 5.76. The molecule has 0 unspecified atom stereocenters. The highest BCUT2D eigenvalue weighted by Gasteiger charge is 2.47. The number of phenolic OH excluding ortho intramolecular Hbond substituents is 1. The topological polar surface area (TPSA) is 29.5 Å². The van der Waals surface area contributed by atoms with Crippen molar-refractivity contribution in [2.75, 3.05) is 0 Å². The summed E-state index contributed by atoms with van der Waals surface area (Å²) < 4.78 is 6.33. The number of rotatable bonds is 5. The van der Waals surface area contributed by atoms with Crippen LogP contribution in [0.1, 0.15) is 69.9 Å². The molecule has 1 aromatic carbocycles. The van der Waals surface area contributed by atoms with Gasteiger partial charge in [0.1, 0.15) is 17.6 Å². The van der Waals surface area contributed by atoms with E-state index < -0.39 is 0 Å². The van der Waals surface area contributed by atoms with Gasteiger partial charge in [-0.15, -0.1) is 0 Å². The predicted molar refractivity (Wildman–Crippen MR) is 95.2 cm³/mol. The number of ether oxygens (including phenoxy) is 1. The highest BCUT2D eigenvalue weighted by atomic mass is 16.5. The van der Waals surface area contributed by atoms with Gasteiger partial charge in [0.15, 0.2) is 0 Å². The molecule has 1 saturated carbocycles. The van der Waals surface area contributed by atoms with Crippen LogP contribution in [0.5, 0.6) is 11.5 Å². The Bertz CT molecular complexity index is 590. The summed E-state index contributed by atoms with van der Waals surface area (Å²) in [5.41, 5.74) is 3.46. The normalized spacial score (nSPS) is 28.8. The summed E-state index contributed by atoms with van der Waals surface area (Å²) in [6, 6.07) is 4.14. The van der Waals surface area contributed by atoms with E-state index in [9.17, 15) is 5.11 Å². The van der Waals surface area contributed by atoms with Gasteiger partial charge < -0.3 is 9.84 Å². The quantitative estimate of drug-likeness (QED) is 0.567. The minimum atomic E-state index is 0.192. The molecule has 2 aliphatic rings. The third kappa shape index (κ3) is 3.00. The average molecular weight is 314 g/mol. The smallest absolute Gasteiger partial charge is 0.127 e. The van der Waals surface area contributed by atoms with Gasteiger partial charge in [-0.25, -0.2) is 0 Å². The van der Waals surface area contributed by atoms with E-state index in [0.717, 1.165) is 24.2 Å². The van der Waals surface area contributed by atoms with Gasteiger partial charge in [0, 0.05) is 11.5 Å². The Morgan fingerprint density at radius 3 is 2.78 bits per heavy atom. The van der Waals surface area contributed by atoms with E-state index in [1.807, 2.05) is 6.07 Å². The lowest BCUT2D eigenvalue weighted by atomic mass is 9.68. The van der Waals surface area contributed by atoms with Gasteiger partial charge in [-0.1, -0.05) is 38.8 Å². The van der Waals surface area contributed by atoms with E-state index in [1.54, 1.807) is 0 Å². The first-order valence-electron chi connectivity index (χ1n) is 9.20. The number of fused-ring (bicyclic) bond motifs is 3. The molecule has 1 aliphatic heterocycles. The highest BCUT2D eigenvalue weighted by Crippen LogP contribution is 2.55. The summed E-state index contributed by atoms with van der Waals surface area (Å²) in [6.45, 7) is 10.8. The van der Waals surface area contributed by atoms with E-state index >= 15 is 0 Å². The number of allylic oxidation sites excluding steroid dienone is 1. The minimum absolute atomic E-state index is 0.192. The van der Waals surface area contributed by atoms with E-state index in [-0.39, 0.29) is 12.0 Å². The van der Waals surface area contributed by atoms with Crippen LogP contribution in [-0.2, 0) is 6.42 Å². The SMILES string of the molecule is C=C(C)[C@@H]1CC[C@@H](C)[C@H]2Oc3cc(CCCCC)cc(O)c3[C@H]21. The van der Waals surface area contributed by atoms with E-state index in [0.29, 0.717) is 17.6 Å². The second kappa shape index (κ2) is 6.59. The summed E-state index contributed by atoms with van der Waals surface area (Å²) >= 11 is 0. The Morgan fingerprint density at radius 1 is 1.30 bits per heavy atom. The number of unbranched alkanes of at least 4 members (excludes halogenated alkanes) is 2. The van der Waals surface area contributed by atoms with Crippen LogP contribution in [0, 0.1) is 11.8 Å². The number of hydrogen-bond donors (Lipinski definition) is 1. The van der Waals surface area contributed by atoms with E-state index in [1.165, 1.54) is 36.8 Å². The molecule has 1 heterocycles. The van der Waals surface area contributed by atoms with Gasteiger partial charge in [0.05, 0.1) is 0 Å². The van der Waals surface area contributed by atoms with Crippen molar-refractivity contribution >= 4 is 0 Å². The van der Waals surface area contributed by atoms with Gasteiger partial charge >= 0.3 is 0 Å². The molecule has 0 spiro atoms. The molecular weight excluding hydrogens is 284 g/mol. The lowest BCUT2D eigenvalue weighted by Crippen LogP contribution is -2.36. The van der Waals surface area contributed by atoms with Crippen LogP contribution >= 0.6 is 0 Å². The van der Waals surface area contributed by atoms with Crippen molar-refractivity contribution in [3.8, 4) is 11.5 Å². The van der Waals surface area contributed by atoms with Crippen molar-refractivity contribution < 1.29 is 9.84 Å². The first kappa shape index (κ1) is 16.4. The Hall–Kier alpha value is -1.44. The summed E-state index contributed by atoms with van der Waals surface area (Å²) in [6.07, 6.45) is 7.17. The van der Waals surface area contributed by atoms with Crippen LogP contribution in [0.2, 0.25) is 0 Å². The third-order valence-corrected chi connectivity index (χ3v) is 5.76. The second-order valence-corrected chi connectivity index (χ2v) is 7.60. The summed E-state index contributed by atoms with van der Waals surface area (Å²) in [5, 5.41) is 10.7. The number of aryl methyl sites for hydroxylation is 1. The van der Waals surface area contributed by atoms with Crippen LogP contribution in [0.15, 0.2) is 24.3 Å². The Balaban J connectivity index is 1.92. The van der Waals surface area contributed by atoms with Gasteiger partial charge in [0.25, 0.3) is 0 Å². The van der Waals surface area contributed by atoms with Crippen molar-refractivity contribution in [3.63, 3.8) is 0 Å². The van der Waals surface area contributed by atoms with Crippen molar-refractivity contribution in [2.45, 2.75) is 71.3 Å². The van der Waals surface area contributed by atoms with E-state index in [2.05, 4.69) is 33.4 Å². The van der Waals surface area contributed by atoms with Crippen LogP contribution in [0.25, 0.3) is 0 Å². The average Bonchev–Trinajstić information content (AvgIpc) is 2.88. The summed E-state index contributed by atoms with van der Waals surface area (Å²) in [4.78, 5) is 0. The Labute approximate surface area is 140 Å². The number of phenols is 1. The number of benzene rings is 1. The zero-order valence-electron chi connectivity index (χ0n) is 14.8. The van der Waals surface area contributed by atoms with E-state index in [4.69, 9.17) is 4.74 Å². The molecule has 2 heteroatoms. The van der Waals surface area contributed by atoms with Crippen molar-refractivity contribution in [1.82, 2.24) is 0 Å². The molecule has 0 radical (unpaired) electrons. The zero-order valence-corrected chi connectivity index (χ0v) is 14.8. The predicted octanol–water partition coefficient (Wildman–Crippen LogP) is 5.59. The standard InChI is InChI=1S/C21H30O2/c1-5-6-7-8-15-11-17(22)20-18(12-15)23-21-14(4)9-10-16(13(2)3)19(20)21/h11-12,14,16,19,21-22H,2,5-10H2,1,3-4H3/t14-,16+,19-,21-/m1/s1. The Morgan fingerprint density at radius 2 is 2.09 bits per heavy atom. The molecule has 1 fully saturated rings. The summed E-state index contributed by atoms with van der Waals surface area (Å²) in [7, 11) is 0. The van der Waals surface area contributed by atoms with Crippen molar-refractivity contribution in [2.24, 2.45) is 11.8 Å². The van der Waals surface area contributed by atoms with Crippen LogP contribution in [-0.4, -0.2) is 11.2 Å². The molecule has 0 bridgehead atoms. The fourth-order valence-corrected chi connectivity index (χ4v) is 4.45. The van der Waals surface area contributed by atoms with Gasteiger partial charge in [-0.2, -0.15) is 0 Å². The molecular formula is C21H30O2. The van der Waals surface area contributed by atoms with Crippen molar-refractivity contribution in [1.29, 1.82) is 0 Å². The molecule has 0 amide bonds. The maximum Gasteiger partial charge on any atom is 0.127 e. The fraction of sp³-hybridized carbons (Fsp3) is 0.619. The molecule has 0 aromatic heterocycles. The second-order valence-electron chi connectivity index (χ2n) is 7.60. The molecule has 1 aliphatic carbocycles. The lowest BCUT2D eigenvalue weighted by molar-refractivity contribution is 0.0864. The first-order valence-corrected chi connectivity index (χ1v) is 9.20. The molecule has 4 atom stereocenters. The minimum Gasteiger partial charge on any atom is -0.508 e. The largest absolute Gasteiger partial charge is 0.508 e. The first-order chi connectivity index (χ1) is 11.0. The van der Waals surface area contributed by atoms with Gasteiger partial charge in [-0.05, 0) is 62.1 Å². The molecule has 2 nitrogen and oxygen atoms in total. The molecule has 0 saturated heterocycles. The molecule has 3 rings (SSSR count).